The Balaban J connectivity index is 2.53. The van der Waals surface area contributed by atoms with Crippen molar-refractivity contribution in [3.8, 4) is 5.75 Å². The Morgan fingerprint density at radius 2 is 2.24 bits per heavy atom. The number of rotatable bonds is 7. The quantitative estimate of drug-likeness (QED) is 0.761. The summed E-state index contributed by atoms with van der Waals surface area (Å²) >= 11 is 3.47. The molecule has 1 aromatic rings. The normalized spacial score (nSPS) is 12.5. The van der Waals surface area contributed by atoms with Gasteiger partial charge in [0.1, 0.15) is 12.4 Å². The zero-order chi connectivity index (χ0) is 12.7. The van der Waals surface area contributed by atoms with Crippen LogP contribution in [0.4, 0.5) is 0 Å². The van der Waals surface area contributed by atoms with Crippen LogP contribution in [0.2, 0.25) is 0 Å². The van der Waals surface area contributed by atoms with Crippen LogP contribution in [0, 0.1) is 0 Å². The van der Waals surface area contributed by atoms with Crippen molar-refractivity contribution in [1.29, 1.82) is 0 Å². The maximum Gasteiger partial charge on any atom is 0.133 e. The Kier molecular flexibility index (Phi) is 6.55. The molecule has 1 rings (SSSR count). The van der Waals surface area contributed by atoms with Gasteiger partial charge in [-0.3, -0.25) is 0 Å². The standard InChI is InChI=1S/C13H20BrNO2/c1-3-6-15-8-11-4-5-13(12(14)7-11)17-9-10(2)16/h4-5,7,10,15-16H,3,6,8-9H2,1-2H3. The molecular weight excluding hydrogens is 282 g/mol. The average Bonchev–Trinajstić information content (AvgIpc) is 2.28. The molecule has 0 saturated carbocycles. The number of halogens is 1. The van der Waals surface area contributed by atoms with Gasteiger partial charge in [-0.15, -0.1) is 0 Å². The summed E-state index contributed by atoms with van der Waals surface area (Å²) in [7, 11) is 0. The second-order valence-electron chi connectivity index (χ2n) is 4.10. The molecule has 0 bridgehead atoms. The Morgan fingerprint density at radius 3 is 2.82 bits per heavy atom. The van der Waals surface area contributed by atoms with Gasteiger partial charge in [0.15, 0.2) is 0 Å². The molecule has 1 unspecified atom stereocenters. The van der Waals surface area contributed by atoms with Crippen LogP contribution in [0.1, 0.15) is 25.8 Å². The van der Waals surface area contributed by atoms with Gasteiger partial charge < -0.3 is 15.2 Å². The highest BCUT2D eigenvalue weighted by Gasteiger charge is 2.04. The van der Waals surface area contributed by atoms with E-state index in [0.29, 0.717) is 6.61 Å². The van der Waals surface area contributed by atoms with Gasteiger partial charge in [-0.1, -0.05) is 13.0 Å². The van der Waals surface area contributed by atoms with Crippen LogP contribution < -0.4 is 10.1 Å². The van der Waals surface area contributed by atoms with E-state index in [9.17, 15) is 0 Å². The van der Waals surface area contributed by atoms with Crippen LogP contribution in [0.3, 0.4) is 0 Å². The summed E-state index contributed by atoms with van der Waals surface area (Å²) in [5.74, 6) is 0.769. The molecule has 2 N–H and O–H groups in total. The van der Waals surface area contributed by atoms with E-state index in [2.05, 4.69) is 28.2 Å². The Bertz CT molecular complexity index is 342. The third kappa shape index (κ3) is 5.52. The van der Waals surface area contributed by atoms with E-state index >= 15 is 0 Å². The van der Waals surface area contributed by atoms with Gasteiger partial charge in [-0.2, -0.15) is 0 Å². The third-order valence-electron chi connectivity index (χ3n) is 2.23. The van der Waals surface area contributed by atoms with Crippen LogP contribution in [0.5, 0.6) is 5.75 Å². The SMILES string of the molecule is CCCNCc1ccc(OCC(C)O)c(Br)c1. The van der Waals surface area contributed by atoms with Gasteiger partial charge in [0.05, 0.1) is 10.6 Å². The van der Waals surface area contributed by atoms with Crippen molar-refractivity contribution in [3.63, 3.8) is 0 Å². The van der Waals surface area contributed by atoms with Crippen molar-refractivity contribution in [3.05, 3.63) is 28.2 Å². The number of hydrogen-bond donors (Lipinski definition) is 2. The highest BCUT2D eigenvalue weighted by Crippen LogP contribution is 2.26. The highest BCUT2D eigenvalue weighted by molar-refractivity contribution is 9.10. The first-order valence-electron chi connectivity index (χ1n) is 5.93. The molecular formula is C13H20BrNO2. The van der Waals surface area contributed by atoms with E-state index in [1.54, 1.807) is 6.92 Å². The first-order valence-corrected chi connectivity index (χ1v) is 6.72. The fourth-order valence-corrected chi connectivity index (χ4v) is 1.93. The lowest BCUT2D eigenvalue weighted by Gasteiger charge is -2.11. The number of aliphatic hydroxyl groups is 1. The van der Waals surface area contributed by atoms with Crippen molar-refractivity contribution >= 4 is 15.9 Å². The van der Waals surface area contributed by atoms with Gasteiger partial charge in [0.2, 0.25) is 0 Å². The number of ether oxygens (including phenoxy) is 1. The molecule has 96 valence electrons. The summed E-state index contributed by atoms with van der Waals surface area (Å²) in [6.45, 7) is 6.06. The number of benzene rings is 1. The smallest absolute Gasteiger partial charge is 0.133 e. The van der Waals surface area contributed by atoms with E-state index in [1.807, 2.05) is 18.2 Å². The number of aliphatic hydroxyl groups excluding tert-OH is 1. The predicted molar refractivity (Wildman–Crippen MR) is 73.3 cm³/mol. The van der Waals surface area contributed by atoms with E-state index in [4.69, 9.17) is 9.84 Å². The molecule has 0 aromatic heterocycles. The topological polar surface area (TPSA) is 41.5 Å². The van der Waals surface area contributed by atoms with Crippen molar-refractivity contribution in [2.45, 2.75) is 32.9 Å². The molecule has 0 aliphatic heterocycles. The second-order valence-corrected chi connectivity index (χ2v) is 4.96. The monoisotopic (exact) mass is 301 g/mol. The van der Waals surface area contributed by atoms with Crippen LogP contribution in [0.15, 0.2) is 22.7 Å². The van der Waals surface area contributed by atoms with E-state index in [-0.39, 0.29) is 0 Å². The molecule has 0 saturated heterocycles. The summed E-state index contributed by atoms with van der Waals surface area (Å²) < 4.78 is 6.39. The minimum absolute atomic E-state index is 0.312. The third-order valence-corrected chi connectivity index (χ3v) is 2.85. The second kappa shape index (κ2) is 7.69. The zero-order valence-electron chi connectivity index (χ0n) is 10.4. The molecule has 4 heteroatoms. The van der Waals surface area contributed by atoms with Crippen molar-refractivity contribution in [2.24, 2.45) is 0 Å². The van der Waals surface area contributed by atoms with E-state index in [1.165, 1.54) is 5.56 Å². The van der Waals surface area contributed by atoms with Gasteiger partial charge in [0.25, 0.3) is 0 Å². The lowest BCUT2D eigenvalue weighted by atomic mass is 10.2. The number of nitrogens with one attached hydrogen (secondary N) is 1. The van der Waals surface area contributed by atoms with Crippen LogP contribution >= 0.6 is 15.9 Å². The molecule has 1 atom stereocenters. The van der Waals surface area contributed by atoms with E-state index in [0.717, 1.165) is 29.7 Å². The lowest BCUT2D eigenvalue weighted by Crippen LogP contribution is -2.14. The van der Waals surface area contributed by atoms with Gasteiger partial charge in [-0.05, 0) is 53.5 Å². The molecule has 1 aromatic carbocycles. The zero-order valence-corrected chi connectivity index (χ0v) is 12.0. The fourth-order valence-electron chi connectivity index (χ4n) is 1.39. The van der Waals surface area contributed by atoms with Crippen molar-refractivity contribution < 1.29 is 9.84 Å². The molecule has 0 spiro atoms. The van der Waals surface area contributed by atoms with Crippen LogP contribution in [-0.2, 0) is 6.54 Å². The molecule has 3 nitrogen and oxygen atoms in total. The Morgan fingerprint density at radius 1 is 1.47 bits per heavy atom. The Labute approximate surface area is 111 Å². The maximum atomic E-state index is 9.15. The molecule has 0 aliphatic carbocycles. The summed E-state index contributed by atoms with van der Waals surface area (Å²) in [5.41, 5.74) is 1.22. The fraction of sp³-hybridized carbons (Fsp3) is 0.538. The molecule has 0 aliphatic rings. The van der Waals surface area contributed by atoms with Gasteiger partial charge >= 0.3 is 0 Å². The Hall–Kier alpha value is -0.580. The average molecular weight is 302 g/mol. The molecule has 0 amide bonds. The number of hydrogen-bond acceptors (Lipinski definition) is 3. The van der Waals surface area contributed by atoms with Gasteiger partial charge in [0, 0.05) is 6.54 Å². The van der Waals surface area contributed by atoms with Crippen molar-refractivity contribution in [2.75, 3.05) is 13.2 Å². The minimum Gasteiger partial charge on any atom is -0.490 e. The molecule has 0 heterocycles. The van der Waals surface area contributed by atoms with E-state index < -0.39 is 6.10 Å². The summed E-state index contributed by atoms with van der Waals surface area (Å²) in [6.07, 6.45) is 0.685. The minimum atomic E-state index is -0.451. The first kappa shape index (κ1) is 14.5. The highest BCUT2D eigenvalue weighted by atomic mass is 79.9. The summed E-state index contributed by atoms with van der Waals surface area (Å²) in [4.78, 5) is 0. The summed E-state index contributed by atoms with van der Waals surface area (Å²) in [5, 5.41) is 12.5. The van der Waals surface area contributed by atoms with Crippen molar-refractivity contribution in [1.82, 2.24) is 5.32 Å². The van der Waals surface area contributed by atoms with Gasteiger partial charge in [-0.25, -0.2) is 0 Å². The lowest BCUT2D eigenvalue weighted by molar-refractivity contribution is 0.122. The maximum absolute atomic E-state index is 9.15. The first-order chi connectivity index (χ1) is 8.13. The molecule has 0 radical (unpaired) electrons. The molecule has 17 heavy (non-hydrogen) atoms. The van der Waals surface area contributed by atoms with Crippen LogP contribution in [0.25, 0.3) is 0 Å². The predicted octanol–water partition coefficient (Wildman–Crippen LogP) is 2.71. The largest absolute Gasteiger partial charge is 0.490 e. The van der Waals surface area contributed by atoms with Crippen LogP contribution in [-0.4, -0.2) is 24.4 Å². The molecule has 0 fully saturated rings. The summed E-state index contributed by atoms with van der Waals surface area (Å²) in [6, 6.07) is 6.00.